The second kappa shape index (κ2) is 12.0. The van der Waals surface area contributed by atoms with Gasteiger partial charge in [0.25, 0.3) is 0 Å². The minimum absolute atomic E-state index is 0.0581. The van der Waals surface area contributed by atoms with Crippen LogP contribution in [0.4, 0.5) is 10.5 Å². The summed E-state index contributed by atoms with van der Waals surface area (Å²) in [6.07, 6.45) is -11.0. The average molecular weight is 563 g/mol. The number of anilines is 1. The van der Waals surface area contributed by atoms with Crippen molar-refractivity contribution in [3.63, 3.8) is 0 Å². The zero-order chi connectivity index (χ0) is 40.6. The van der Waals surface area contributed by atoms with E-state index in [4.69, 9.17) is 33.0 Å². The van der Waals surface area contributed by atoms with E-state index in [1.807, 2.05) is 0 Å². The first-order chi connectivity index (χ1) is 23.9. The molecule has 0 saturated carbocycles. The predicted octanol–water partition coefficient (Wildman–Crippen LogP) is 2.63. The topological polar surface area (TPSA) is 143 Å². The summed E-state index contributed by atoms with van der Waals surface area (Å²) < 4.78 is 166. The van der Waals surface area contributed by atoms with Crippen LogP contribution in [0, 0.1) is 11.8 Å². The number of fused-ring (bicyclic) bond motifs is 1. The molecule has 0 aliphatic carbocycles. The van der Waals surface area contributed by atoms with Gasteiger partial charge in [0.05, 0.1) is 41.7 Å². The molecular weight excluding hydrogens is 510 g/mol. The van der Waals surface area contributed by atoms with Crippen LogP contribution in [0.2, 0.25) is 0 Å². The number of benzene rings is 2. The number of hydrogen-bond donors (Lipinski definition) is 3. The van der Waals surface area contributed by atoms with Crippen LogP contribution in [0.3, 0.4) is 0 Å². The van der Waals surface area contributed by atoms with Gasteiger partial charge in [0, 0.05) is 39.7 Å². The van der Waals surface area contributed by atoms with E-state index in [1.165, 1.54) is 30.3 Å². The van der Waals surface area contributed by atoms with E-state index in [-0.39, 0.29) is 22.8 Å². The fourth-order valence-corrected chi connectivity index (χ4v) is 5.11. The van der Waals surface area contributed by atoms with Gasteiger partial charge < -0.3 is 25.4 Å². The molecule has 38 heavy (non-hydrogen) atoms. The number of carboxylic acid groups (broad SMARTS) is 1. The van der Waals surface area contributed by atoms with Crippen molar-refractivity contribution in [2.24, 2.45) is 11.8 Å². The number of amides is 1. The van der Waals surface area contributed by atoms with Gasteiger partial charge in [-0.3, -0.25) is 4.90 Å². The summed E-state index contributed by atoms with van der Waals surface area (Å²) >= 11 is 0. The molecular formula is C27H37N3O7S. The minimum atomic E-state index is -5.89. The highest BCUT2D eigenvalue weighted by Gasteiger charge is 2.49. The van der Waals surface area contributed by atoms with Gasteiger partial charge >= 0.3 is 6.09 Å². The Morgan fingerprint density at radius 2 is 1.97 bits per heavy atom. The Morgan fingerprint density at radius 3 is 2.63 bits per heavy atom. The third-order valence-electron chi connectivity index (χ3n) is 5.71. The van der Waals surface area contributed by atoms with Crippen LogP contribution in [-0.2, 0) is 25.9 Å². The van der Waals surface area contributed by atoms with Crippen molar-refractivity contribution in [3.05, 3.63) is 60.2 Å². The number of nitrogen functional groups attached to an aromatic ring is 1. The highest BCUT2D eigenvalue weighted by molar-refractivity contribution is 7.89. The van der Waals surface area contributed by atoms with Crippen LogP contribution in [0.25, 0.3) is 0 Å². The van der Waals surface area contributed by atoms with Crippen LogP contribution < -0.4 is 5.73 Å². The monoisotopic (exact) mass is 562 g/mol. The molecule has 1 amide bonds. The highest BCUT2D eigenvalue weighted by atomic mass is 32.2. The summed E-state index contributed by atoms with van der Waals surface area (Å²) in [4.78, 5) is 12.1. The van der Waals surface area contributed by atoms with E-state index >= 15 is 0 Å². The summed E-state index contributed by atoms with van der Waals surface area (Å²) in [6.45, 7) is -19.3. The van der Waals surface area contributed by atoms with Crippen LogP contribution in [-0.4, -0.2) is 84.5 Å². The second-order valence-corrected chi connectivity index (χ2v) is 10.1. The van der Waals surface area contributed by atoms with Crippen LogP contribution in [0.1, 0.15) is 46.2 Å². The zero-order valence-corrected chi connectivity index (χ0v) is 20.7. The number of nitrogens with zero attached hydrogens (tertiary/aromatic N) is 2. The molecule has 2 fully saturated rings. The fraction of sp³-hybridized carbons (Fsp3) is 0.519. The van der Waals surface area contributed by atoms with Crippen molar-refractivity contribution in [2.75, 3.05) is 31.9 Å². The van der Waals surface area contributed by atoms with E-state index in [9.17, 15) is 26.2 Å². The van der Waals surface area contributed by atoms with E-state index in [2.05, 4.69) is 0 Å². The predicted molar refractivity (Wildman–Crippen MR) is 142 cm³/mol. The van der Waals surface area contributed by atoms with Crippen molar-refractivity contribution in [3.8, 4) is 0 Å². The average Bonchev–Trinajstić information content (AvgIpc) is 3.40. The third kappa shape index (κ3) is 6.29. The van der Waals surface area contributed by atoms with Crippen LogP contribution in [0.5, 0.6) is 0 Å². The highest BCUT2D eigenvalue weighted by Crippen LogP contribution is 2.36. The lowest BCUT2D eigenvalue weighted by molar-refractivity contribution is -0.0906. The Labute approximate surface area is 245 Å². The Kier molecular flexibility index (Phi) is 4.62. The number of aliphatic hydroxyl groups is 1. The van der Waals surface area contributed by atoms with Crippen molar-refractivity contribution in [2.45, 2.75) is 55.8 Å². The molecule has 2 aliphatic rings. The molecule has 2 aliphatic heterocycles. The SMILES string of the molecule is [2H]C1O[C@@]2([2H])OCC[C@@]2([2H])C1N(C(=O)O)[C@@]([2H])(Cc1ccccc1)[C@]([2H])(O)[C@@H]([2H])N(C([2H])([2H])C([2H])(C([2H])([2H])[2H])C([2H])([2H])[2H])S(=O)(=O)c1ccc(N)cc1. The fourth-order valence-electron chi connectivity index (χ4n) is 3.95. The van der Waals surface area contributed by atoms with Crippen molar-refractivity contribution in [1.29, 1.82) is 0 Å². The van der Waals surface area contributed by atoms with Crippen molar-refractivity contribution < 1.29 is 53.5 Å². The maximum atomic E-state index is 14.4. The smallest absolute Gasteiger partial charge is 0.407 e. The number of rotatable bonds is 11. The third-order valence-corrected chi connectivity index (χ3v) is 7.29. The summed E-state index contributed by atoms with van der Waals surface area (Å²) in [5, 5.41) is 22.9. The summed E-state index contributed by atoms with van der Waals surface area (Å²) in [6, 6.07) is 4.07. The standard InChI is InChI=1S/C27H37N3O7S/c1-18(2)15-29(38(34,35)21-10-8-20(28)9-11-21)16-25(31)23(14-19-6-4-3-5-7-19)30(27(32)33)24-17-37-26-22(24)12-13-36-26/h3-11,18,22-26,31H,12-17,28H2,1-2H3,(H,32,33)/t22-,23-,24?,25+,26+/m0/s1/i1D3,2D3,15D2,16D,17D,18D,22D,23D,25D,26D/t16-,17?,22+,23+,24?,25-,26-/m1. The first-order valence-electron chi connectivity index (χ1n) is 18.9. The number of carbonyl (C=O) groups is 1. The molecule has 0 aromatic heterocycles. The molecule has 208 valence electrons. The second-order valence-electron chi connectivity index (χ2n) is 8.24. The quantitative estimate of drug-likeness (QED) is 0.355. The molecule has 2 unspecified atom stereocenters. The van der Waals surface area contributed by atoms with Crippen LogP contribution in [0.15, 0.2) is 59.5 Å². The maximum absolute atomic E-state index is 14.4. The Balaban J connectivity index is 2.09. The van der Waals surface area contributed by atoms with Gasteiger partial charge in [0.15, 0.2) is 6.27 Å². The largest absolute Gasteiger partial charge is 0.465 e. The molecule has 2 heterocycles. The number of nitrogens with two attached hydrogens (primary N) is 1. The lowest BCUT2D eigenvalue weighted by Gasteiger charge is -2.39. The summed E-state index contributed by atoms with van der Waals surface area (Å²) in [5.41, 5.74) is 5.51. The Bertz CT molecular complexity index is 1770. The zero-order valence-electron chi connectivity index (χ0n) is 34.9. The van der Waals surface area contributed by atoms with Gasteiger partial charge in [-0.15, -0.1) is 0 Å². The molecule has 0 bridgehead atoms. The van der Waals surface area contributed by atoms with E-state index in [0.29, 0.717) is 0 Å². The number of sulfonamides is 1. The molecule has 2 saturated heterocycles. The molecule has 11 heteroatoms. The molecule has 4 rings (SSSR count). The lowest BCUT2D eigenvalue weighted by Crippen LogP contribution is -2.57. The number of ether oxygens (including phenoxy) is 2. The number of hydrogen-bond acceptors (Lipinski definition) is 7. The normalized spacial score (nSPS) is 38.3. The molecule has 10 nitrogen and oxygen atoms in total. The first kappa shape index (κ1) is 14.6. The first-order valence-corrected chi connectivity index (χ1v) is 12.7. The molecule has 2 aromatic rings. The van der Waals surface area contributed by atoms with Gasteiger partial charge in [-0.25, -0.2) is 13.2 Å². The van der Waals surface area contributed by atoms with E-state index in [1.54, 1.807) is 0 Å². The van der Waals surface area contributed by atoms with E-state index < -0.39 is 108 Å². The molecule has 0 spiro atoms. The van der Waals surface area contributed by atoms with Gasteiger partial charge in [0.2, 0.25) is 10.0 Å². The summed E-state index contributed by atoms with van der Waals surface area (Å²) in [7, 11) is -5.89. The summed E-state index contributed by atoms with van der Waals surface area (Å²) in [5.74, 6) is -7.06. The van der Waals surface area contributed by atoms with Crippen LogP contribution >= 0.6 is 0 Å². The Morgan fingerprint density at radius 1 is 1.26 bits per heavy atom. The van der Waals surface area contributed by atoms with Gasteiger partial charge in [0.1, 0.15) is 0 Å². The van der Waals surface area contributed by atoms with Crippen molar-refractivity contribution in [1.82, 2.24) is 9.21 Å². The van der Waals surface area contributed by atoms with Crippen molar-refractivity contribution >= 4 is 21.8 Å². The molecule has 2 aromatic carbocycles. The van der Waals surface area contributed by atoms with Gasteiger partial charge in [-0.1, -0.05) is 44.0 Å². The lowest BCUT2D eigenvalue weighted by atomic mass is 9.93. The molecule has 4 N–H and O–H groups in total. The molecule has 7 atom stereocenters. The van der Waals surface area contributed by atoms with E-state index in [0.717, 1.165) is 24.3 Å². The maximum Gasteiger partial charge on any atom is 0.407 e. The van der Waals surface area contributed by atoms with Gasteiger partial charge in [-0.2, -0.15) is 4.31 Å². The Hall–Kier alpha value is -2.70. The van der Waals surface area contributed by atoms with Gasteiger partial charge in [-0.05, 0) is 48.6 Å². The minimum Gasteiger partial charge on any atom is -0.465 e. The molecule has 0 radical (unpaired) electrons.